The Kier molecular flexibility index (Phi) is 6.28. The number of nitrogens with one attached hydrogen (secondary N) is 3. The van der Waals surface area contributed by atoms with Crippen LogP contribution in [-0.4, -0.2) is 39.6 Å². The molecule has 4 aromatic rings. The minimum atomic E-state index is -1.35. The van der Waals surface area contributed by atoms with Crippen molar-refractivity contribution in [1.29, 1.82) is 0 Å². The Morgan fingerprint density at radius 2 is 1.79 bits per heavy atom. The van der Waals surface area contributed by atoms with E-state index in [1.165, 1.54) is 6.07 Å². The van der Waals surface area contributed by atoms with E-state index >= 15 is 0 Å². The van der Waals surface area contributed by atoms with Gasteiger partial charge in [0.05, 0.1) is 17.5 Å². The second-order valence-electron chi connectivity index (χ2n) is 9.33. The molecule has 2 aliphatic heterocycles. The Morgan fingerprint density at radius 1 is 1.05 bits per heavy atom. The van der Waals surface area contributed by atoms with Crippen LogP contribution in [0.5, 0.6) is 5.88 Å². The summed E-state index contributed by atoms with van der Waals surface area (Å²) in [5.74, 6) is -1.28. The zero-order valence-electron chi connectivity index (χ0n) is 21.0. The van der Waals surface area contributed by atoms with Gasteiger partial charge in [0.15, 0.2) is 5.82 Å². The molecule has 10 heteroatoms. The largest absolute Gasteiger partial charge is 0.474 e. The minimum Gasteiger partial charge on any atom is -0.474 e. The maximum absolute atomic E-state index is 14.8. The second-order valence-corrected chi connectivity index (χ2v) is 9.33. The van der Waals surface area contributed by atoms with Gasteiger partial charge in [-0.05, 0) is 25.1 Å². The molecule has 0 spiro atoms. The molecule has 6 rings (SSSR count). The van der Waals surface area contributed by atoms with E-state index in [0.717, 1.165) is 12.1 Å². The first-order valence-electron chi connectivity index (χ1n) is 12.6. The van der Waals surface area contributed by atoms with Crippen LogP contribution in [0.2, 0.25) is 0 Å². The van der Waals surface area contributed by atoms with Gasteiger partial charge in [-0.2, -0.15) is 5.10 Å². The number of benzene rings is 3. The van der Waals surface area contributed by atoms with E-state index < -0.39 is 23.8 Å². The molecule has 2 amide bonds. The number of nitrogens with zero attached hydrogens (tertiary/aromatic N) is 3. The van der Waals surface area contributed by atoms with Gasteiger partial charge in [0.25, 0.3) is 11.8 Å². The first-order chi connectivity index (χ1) is 19.0. The number of ether oxygens (including phenoxy) is 1. The van der Waals surface area contributed by atoms with Crippen molar-refractivity contribution in [1.82, 2.24) is 15.1 Å². The maximum Gasteiger partial charge on any atom is 0.269 e. The Balaban J connectivity index is 1.39. The predicted molar refractivity (Wildman–Crippen MR) is 145 cm³/mol. The van der Waals surface area contributed by atoms with Gasteiger partial charge in [-0.1, -0.05) is 60.7 Å². The third-order valence-electron chi connectivity index (χ3n) is 6.57. The van der Waals surface area contributed by atoms with E-state index in [9.17, 15) is 14.0 Å². The standard InChI is InChI=1S/C29H25FN6O3/c1-17-15-16-36-29(39-17)22(25(35-36)31-19-11-6-3-7-12-19)27(37)34-26-28(38)33-24-20(13-8-14-21(24)30)23(32-26)18-9-4-2-5-10-18/h2-14,17,26H,15-16H2,1H3,(H,31,35)(H,33,38)(H,34,37). The first-order valence-corrected chi connectivity index (χ1v) is 12.6. The fourth-order valence-electron chi connectivity index (χ4n) is 4.64. The maximum atomic E-state index is 14.8. The molecule has 3 N–H and O–H groups in total. The SMILES string of the molecule is CC1CCn2nc(Nc3ccccc3)c(C(=O)NC3N=C(c4ccccc4)c4cccc(F)c4NC3=O)c2O1. The Bertz CT molecular complexity index is 1590. The van der Waals surface area contributed by atoms with E-state index in [4.69, 9.17) is 4.74 Å². The van der Waals surface area contributed by atoms with Crippen molar-refractivity contribution < 1.29 is 18.7 Å². The summed E-state index contributed by atoms with van der Waals surface area (Å²) in [6.45, 7) is 2.49. The van der Waals surface area contributed by atoms with Crippen molar-refractivity contribution in [3.63, 3.8) is 0 Å². The third-order valence-corrected chi connectivity index (χ3v) is 6.57. The average Bonchev–Trinajstić information content (AvgIpc) is 3.22. The van der Waals surface area contributed by atoms with Gasteiger partial charge in [-0.25, -0.2) is 14.1 Å². The van der Waals surface area contributed by atoms with Gasteiger partial charge < -0.3 is 20.7 Å². The predicted octanol–water partition coefficient (Wildman–Crippen LogP) is 4.48. The third kappa shape index (κ3) is 4.72. The quantitative estimate of drug-likeness (QED) is 0.357. The second kappa shape index (κ2) is 10.1. The number of hydrogen-bond acceptors (Lipinski definition) is 6. The lowest BCUT2D eigenvalue weighted by atomic mass is 10.0. The summed E-state index contributed by atoms with van der Waals surface area (Å²) in [6, 6.07) is 22.9. The van der Waals surface area contributed by atoms with E-state index in [0.29, 0.717) is 35.1 Å². The number of aryl methyl sites for hydroxylation is 1. The van der Waals surface area contributed by atoms with Gasteiger partial charge in [-0.3, -0.25) is 9.59 Å². The van der Waals surface area contributed by atoms with Crippen LogP contribution in [0.25, 0.3) is 0 Å². The number of fused-ring (bicyclic) bond motifs is 2. The van der Waals surface area contributed by atoms with Gasteiger partial charge in [0.1, 0.15) is 11.4 Å². The lowest BCUT2D eigenvalue weighted by molar-refractivity contribution is -0.117. The molecule has 3 heterocycles. The van der Waals surface area contributed by atoms with Crippen LogP contribution in [0.3, 0.4) is 0 Å². The van der Waals surface area contributed by atoms with Gasteiger partial charge in [0.2, 0.25) is 12.0 Å². The topological polar surface area (TPSA) is 110 Å². The first kappa shape index (κ1) is 24.4. The Hall–Kier alpha value is -4.99. The van der Waals surface area contributed by atoms with Crippen LogP contribution in [0, 0.1) is 5.82 Å². The average molecular weight is 525 g/mol. The van der Waals surface area contributed by atoms with Crippen LogP contribution in [0.1, 0.15) is 34.8 Å². The summed E-state index contributed by atoms with van der Waals surface area (Å²) in [5.41, 5.74) is 2.36. The highest BCUT2D eigenvalue weighted by molar-refractivity contribution is 6.20. The highest BCUT2D eigenvalue weighted by Crippen LogP contribution is 2.33. The molecule has 0 radical (unpaired) electrons. The van der Waals surface area contributed by atoms with E-state index in [1.807, 2.05) is 67.6 Å². The number of halogens is 1. The van der Waals surface area contributed by atoms with Crippen molar-refractivity contribution >= 4 is 34.7 Å². The molecule has 2 unspecified atom stereocenters. The number of carbonyl (C=O) groups is 2. The number of para-hydroxylation sites is 2. The molecule has 0 bridgehead atoms. The highest BCUT2D eigenvalue weighted by Gasteiger charge is 2.34. The number of anilines is 3. The number of hydrogen-bond donors (Lipinski definition) is 3. The van der Waals surface area contributed by atoms with E-state index in [1.54, 1.807) is 16.8 Å². The summed E-state index contributed by atoms with van der Waals surface area (Å²) < 4.78 is 22.5. The molecule has 3 aromatic carbocycles. The van der Waals surface area contributed by atoms with Crippen LogP contribution >= 0.6 is 0 Å². The molecule has 1 aromatic heterocycles. The molecule has 0 fully saturated rings. The number of aliphatic imine (C=N–C) groups is 1. The molecule has 2 aliphatic rings. The Morgan fingerprint density at radius 3 is 2.56 bits per heavy atom. The summed E-state index contributed by atoms with van der Waals surface area (Å²) in [7, 11) is 0. The van der Waals surface area contributed by atoms with Gasteiger partial charge >= 0.3 is 0 Å². The number of rotatable bonds is 5. The van der Waals surface area contributed by atoms with Crippen LogP contribution < -0.4 is 20.7 Å². The monoisotopic (exact) mass is 524 g/mol. The van der Waals surface area contributed by atoms with Crippen molar-refractivity contribution in [3.8, 4) is 5.88 Å². The van der Waals surface area contributed by atoms with Gasteiger partial charge in [0, 0.05) is 29.8 Å². The zero-order valence-corrected chi connectivity index (χ0v) is 21.0. The van der Waals surface area contributed by atoms with Crippen molar-refractivity contribution in [3.05, 3.63) is 101 Å². The molecular formula is C29H25FN6O3. The molecule has 2 atom stereocenters. The number of amides is 2. The van der Waals surface area contributed by atoms with E-state index in [2.05, 4.69) is 26.0 Å². The fraction of sp³-hybridized carbons (Fsp3) is 0.172. The summed E-state index contributed by atoms with van der Waals surface area (Å²) in [6.07, 6.45) is -0.729. The molecule has 196 valence electrons. The number of aromatic nitrogens is 2. The molecule has 0 saturated heterocycles. The molecule has 9 nitrogen and oxygen atoms in total. The normalized spacial score (nSPS) is 18.0. The van der Waals surface area contributed by atoms with Crippen molar-refractivity contribution in [2.45, 2.75) is 32.2 Å². The summed E-state index contributed by atoms with van der Waals surface area (Å²) in [4.78, 5) is 31.7. The van der Waals surface area contributed by atoms with E-state index in [-0.39, 0.29) is 17.4 Å². The van der Waals surface area contributed by atoms with Crippen LogP contribution in [0.4, 0.5) is 21.6 Å². The molecule has 0 aliphatic carbocycles. The van der Waals surface area contributed by atoms with Crippen molar-refractivity contribution in [2.75, 3.05) is 10.6 Å². The van der Waals surface area contributed by atoms with Crippen LogP contribution in [0.15, 0.2) is 83.9 Å². The van der Waals surface area contributed by atoms with Gasteiger partial charge in [-0.15, -0.1) is 0 Å². The molecular weight excluding hydrogens is 499 g/mol. The number of carbonyl (C=O) groups excluding carboxylic acids is 2. The number of benzodiazepines with no additional fused rings is 1. The summed E-state index contributed by atoms with van der Waals surface area (Å²) >= 11 is 0. The molecule has 0 saturated carbocycles. The highest BCUT2D eigenvalue weighted by atomic mass is 19.1. The minimum absolute atomic E-state index is 0.00774. The van der Waals surface area contributed by atoms with Crippen LogP contribution in [-0.2, 0) is 11.3 Å². The lowest BCUT2D eigenvalue weighted by Crippen LogP contribution is -2.42. The lowest BCUT2D eigenvalue weighted by Gasteiger charge is -2.22. The van der Waals surface area contributed by atoms with Crippen molar-refractivity contribution in [2.24, 2.45) is 4.99 Å². The smallest absolute Gasteiger partial charge is 0.269 e. The fourth-order valence-corrected chi connectivity index (χ4v) is 4.64. The molecule has 39 heavy (non-hydrogen) atoms. The summed E-state index contributed by atoms with van der Waals surface area (Å²) in [5, 5.41) is 13.1. The zero-order chi connectivity index (χ0) is 26.9. The Labute approximate surface area is 223 Å².